The van der Waals surface area contributed by atoms with Crippen molar-refractivity contribution in [1.29, 1.82) is 0 Å². The van der Waals surface area contributed by atoms with Crippen molar-refractivity contribution >= 4 is 18.0 Å². The molecule has 1 amide bonds. The topological polar surface area (TPSA) is 100 Å². The molecule has 144 valence electrons. The fourth-order valence-electron chi connectivity index (χ4n) is 1.99. The van der Waals surface area contributed by atoms with E-state index in [1.54, 1.807) is 45.0 Å². The number of carbonyl (C=O) groups excluding carboxylic acids is 3. The van der Waals surface area contributed by atoms with Gasteiger partial charge in [-0.1, -0.05) is 12.1 Å². The average Bonchev–Trinajstić information content (AvgIpc) is 2.53. The first-order chi connectivity index (χ1) is 12.1. The number of benzene rings is 1. The lowest BCUT2D eigenvalue weighted by molar-refractivity contribution is -0.143. The van der Waals surface area contributed by atoms with Crippen molar-refractivity contribution in [1.82, 2.24) is 5.32 Å². The number of rotatable bonds is 7. The summed E-state index contributed by atoms with van der Waals surface area (Å²) in [5.74, 6) is -0.753. The molecule has 0 aromatic heterocycles. The van der Waals surface area contributed by atoms with Gasteiger partial charge in [-0.3, -0.25) is 0 Å². The highest BCUT2D eigenvalue weighted by molar-refractivity contribution is 5.81. The standard InChI is InChI=1S/C18H25NO7/c1-18(2,3)26-17(22)19-14(16(21)24-5)10-12-6-8-13(9-7-12)25-15(20)11-23-4/h6-9,14H,10-11H2,1-5H3,(H,19,22)/t14-/m1/s1. The number of nitrogens with one attached hydrogen (secondary N) is 1. The quantitative estimate of drug-likeness (QED) is 0.580. The summed E-state index contributed by atoms with van der Waals surface area (Å²) < 4.78 is 19.6. The minimum Gasteiger partial charge on any atom is -0.467 e. The van der Waals surface area contributed by atoms with Gasteiger partial charge in [-0.05, 0) is 38.5 Å². The third-order valence-corrected chi connectivity index (χ3v) is 3.03. The average molecular weight is 367 g/mol. The fraction of sp³-hybridized carbons (Fsp3) is 0.500. The summed E-state index contributed by atoms with van der Waals surface area (Å²) in [5, 5.41) is 2.50. The lowest BCUT2D eigenvalue weighted by atomic mass is 10.1. The molecule has 0 saturated carbocycles. The molecule has 0 aliphatic carbocycles. The van der Waals surface area contributed by atoms with E-state index in [-0.39, 0.29) is 13.0 Å². The normalized spacial score (nSPS) is 12.0. The minimum atomic E-state index is -0.906. The zero-order valence-corrected chi connectivity index (χ0v) is 15.7. The van der Waals surface area contributed by atoms with Crippen molar-refractivity contribution in [2.75, 3.05) is 20.8 Å². The molecular weight excluding hydrogens is 342 g/mol. The summed E-state index contributed by atoms with van der Waals surface area (Å²) in [6, 6.07) is 5.64. The van der Waals surface area contributed by atoms with Gasteiger partial charge < -0.3 is 24.3 Å². The molecule has 8 nitrogen and oxygen atoms in total. The van der Waals surface area contributed by atoms with Gasteiger partial charge in [0, 0.05) is 13.5 Å². The predicted octanol–water partition coefficient (Wildman–Crippen LogP) is 1.85. The van der Waals surface area contributed by atoms with Crippen molar-refractivity contribution in [3.63, 3.8) is 0 Å². The second-order valence-electron chi connectivity index (χ2n) is 6.48. The lowest BCUT2D eigenvalue weighted by Gasteiger charge is -2.22. The first-order valence-corrected chi connectivity index (χ1v) is 8.00. The zero-order chi connectivity index (χ0) is 19.7. The Morgan fingerprint density at radius 1 is 1.08 bits per heavy atom. The molecular formula is C18H25NO7. The Morgan fingerprint density at radius 3 is 2.19 bits per heavy atom. The lowest BCUT2D eigenvalue weighted by Crippen LogP contribution is -2.45. The van der Waals surface area contributed by atoms with Gasteiger partial charge >= 0.3 is 18.0 Å². The van der Waals surface area contributed by atoms with E-state index in [1.807, 2.05) is 0 Å². The number of ether oxygens (including phenoxy) is 4. The van der Waals surface area contributed by atoms with Gasteiger partial charge in [0.15, 0.2) is 0 Å². The highest BCUT2D eigenvalue weighted by Gasteiger charge is 2.25. The molecule has 1 aromatic rings. The van der Waals surface area contributed by atoms with Gasteiger partial charge in [-0.2, -0.15) is 0 Å². The number of alkyl carbamates (subject to hydrolysis) is 1. The molecule has 0 unspecified atom stereocenters. The first-order valence-electron chi connectivity index (χ1n) is 8.00. The Hall–Kier alpha value is -2.61. The first kappa shape index (κ1) is 21.4. The Bertz CT molecular complexity index is 619. The fourth-order valence-corrected chi connectivity index (χ4v) is 1.99. The van der Waals surface area contributed by atoms with Crippen LogP contribution in [0.3, 0.4) is 0 Å². The number of hydrogen-bond acceptors (Lipinski definition) is 7. The Labute approximate surface area is 152 Å². The van der Waals surface area contributed by atoms with E-state index in [0.717, 1.165) is 5.56 Å². The van der Waals surface area contributed by atoms with E-state index in [9.17, 15) is 14.4 Å². The molecule has 0 fully saturated rings. The summed E-state index contributed by atoms with van der Waals surface area (Å²) in [5.41, 5.74) is 0.0568. The largest absolute Gasteiger partial charge is 0.467 e. The maximum Gasteiger partial charge on any atom is 0.408 e. The van der Waals surface area contributed by atoms with Crippen LogP contribution in [0.15, 0.2) is 24.3 Å². The summed E-state index contributed by atoms with van der Waals surface area (Å²) in [4.78, 5) is 35.2. The van der Waals surface area contributed by atoms with Crippen molar-refractivity contribution < 1.29 is 33.3 Å². The third kappa shape index (κ3) is 7.98. The van der Waals surface area contributed by atoms with E-state index < -0.39 is 29.7 Å². The molecule has 1 rings (SSSR count). The number of esters is 2. The van der Waals surface area contributed by atoms with Crippen LogP contribution in [-0.2, 0) is 30.2 Å². The molecule has 26 heavy (non-hydrogen) atoms. The van der Waals surface area contributed by atoms with Gasteiger partial charge in [-0.25, -0.2) is 14.4 Å². The molecule has 1 N–H and O–H groups in total. The van der Waals surface area contributed by atoms with E-state index in [1.165, 1.54) is 14.2 Å². The van der Waals surface area contributed by atoms with E-state index in [2.05, 4.69) is 10.1 Å². The van der Waals surface area contributed by atoms with Crippen molar-refractivity contribution in [3.8, 4) is 5.75 Å². The van der Waals surface area contributed by atoms with Crippen LogP contribution in [0.2, 0.25) is 0 Å². The minimum absolute atomic E-state index is 0.147. The summed E-state index contributed by atoms with van der Waals surface area (Å²) in [6.07, 6.45) is -0.517. The molecule has 0 aliphatic rings. The molecule has 0 spiro atoms. The van der Waals surface area contributed by atoms with Crippen molar-refractivity contribution in [2.45, 2.75) is 38.8 Å². The van der Waals surface area contributed by atoms with Crippen LogP contribution in [0.4, 0.5) is 4.79 Å². The maximum absolute atomic E-state index is 11.9. The molecule has 0 heterocycles. The number of amides is 1. The van der Waals surface area contributed by atoms with Gasteiger partial charge in [0.25, 0.3) is 0 Å². The molecule has 0 aliphatic heterocycles. The smallest absolute Gasteiger partial charge is 0.408 e. The molecule has 8 heteroatoms. The van der Waals surface area contributed by atoms with Crippen LogP contribution < -0.4 is 10.1 Å². The third-order valence-electron chi connectivity index (χ3n) is 3.03. The van der Waals surface area contributed by atoms with Crippen molar-refractivity contribution in [2.24, 2.45) is 0 Å². The monoisotopic (exact) mass is 367 g/mol. The highest BCUT2D eigenvalue weighted by Crippen LogP contribution is 2.15. The van der Waals surface area contributed by atoms with Crippen LogP contribution in [0.1, 0.15) is 26.3 Å². The molecule has 0 radical (unpaired) electrons. The van der Waals surface area contributed by atoms with Crippen LogP contribution in [-0.4, -0.2) is 50.5 Å². The maximum atomic E-state index is 11.9. The molecule has 0 saturated heterocycles. The van der Waals surface area contributed by atoms with Gasteiger partial charge in [0.2, 0.25) is 0 Å². The predicted molar refractivity (Wildman–Crippen MR) is 92.8 cm³/mol. The SMILES string of the molecule is COCC(=O)Oc1ccc(C[C@@H](NC(=O)OC(C)(C)C)C(=O)OC)cc1. The summed E-state index contributed by atoms with van der Waals surface area (Å²) in [7, 11) is 2.64. The number of hydrogen-bond donors (Lipinski definition) is 1. The van der Waals surface area contributed by atoms with Crippen LogP contribution >= 0.6 is 0 Å². The van der Waals surface area contributed by atoms with Crippen LogP contribution in [0.5, 0.6) is 5.75 Å². The second-order valence-corrected chi connectivity index (χ2v) is 6.48. The van der Waals surface area contributed by atoms with Gasteiger partial charge in [0.05, 0.1) is 7.11 Å². The highest BCUT2D eigenvalue weighted by atomic mass is 16.6. The van der Waals surface area contributed by atoms with Crippen molar-refractivity contribution in [3.05, 3.63) is 29.8 Å². The molecule has 0 bridgehead atoms. The van der Waals surface area contributed by atoms with E-state index in [0.29, 0.717) is 5.75 Å². The summed E-state index contributed by atoms with van der Waals surface area (Å²) in [6.45, 7) is 5.03. The van der Waals surface area contributed by atoms with E-state index >= 15 is 0 Å². The van der Waals surface area contributed by atoms with Crippen LogP contribution in [0.25, 0.3) is 0 Å². The van der Waals surface area contributed by atoms with Gasteiger partial charge in [-0.15, -0.1) is 0 Å². The second kappa shape index (κ2) is 9.76. The number of methoxy groups -OCH3 is 2. The summed E-state index contributed by atoms with van der Waals surface area (Å²) >= 11 is 0. The van der Waals surface area contributed by atoms with Crippen LogP contribution in [0, 0.1) is 0 Å². The number of carbonyl (C=O) groups is 3. The Morgan fingerprint density at radius 2 is 1.69 bits per heavy atom. The Balaban J connectivity index is 2.74. The molecule has 1 aromatic carbocycles. The Kier molecular flexibility index (Phi) is 8.05. The zero-order valence-electron chi connectivity index (χ0n) is 15.7. The van der Waals surface area contributed by atoms with E-state index in [4.69, 9.17) is 14.2 Å². The van der Waals surface area contributed by atoms with Gasteiger partial charge in [0.1, 0.15) is 24.0 Å². The molecule has 1 atom stereocenters.